The molecule has 5 aromatic rings. The maximum absolute atomic E-state index is 14.1. The lowest BCUT2D eigenvalue weighted by Gasteiger charge is -2.06. The predicted octanol–water partition coefficient (Wildman–Crippen LogP) is 5.78. The van der Waals surface area contributed by atoms with Gasteiger partial charge in [-0.15, -0.1) is 0 Å². The van der Waals surface area contributed by atoms with E-state index in [1.165, 1.54) is 18.3 Å². The van der Waals surface area contributed by atoms with E-state index in [0.29, 0.717) is 28.9 Å². The van der Waals surface area contributed by atoms with E-state index in [0.717, 1.165) is 17.2 Å². The molecule has 5 rings (SSSR count). The largest absolute Gasteiger partial charge is 0.389 e. The van der Waals surface area contributed by atoms with Crippen LogP contribution in [-0.2, 0) is 13.0 Å². The first-order valence-corrected chi connectivity index (χ1v) is 11.1. The summed E-state index contributed by atoms with van der Waals surface area (Å²) in [5.74, 6) is -1.24. The number of nitrogens with zero attached hydrogens (tertiary/aromatic N) is 4. The van der Waals surface area contributed by atoms with E-state index < -0.39 is 24.2 Å². The van der Waals surface area contributed by atoms with Crippen molar-refractivity contribution < 1.29 is 31.2 Å². The van der Waals surface area contributed by atoms with Crippen molar-refractivity contribution in [1.82, 2.24) is 20.2 Å². The van der Waals surface area contributed by atoms with Gasteiger partial charge in [0.15, 0.2) is 11.6 Å². The van der Waals surface area contributed by atoms with Crippen molar-refractivity contribution in [3.63, 3.8) is 0 Å². The maximum Gasteiger partial charge on any atom is 0.389 e. The number of aromatic nitrogens is 5. The molecule has 3 heterocycles. The summed E-state index contributed by atoms with van der Waals surface area (Å²) in [7, 11) is 0. The van der Waals surface area contributed by atoms with Crippen LogP contribution in [-0.4, -0.2) is 26.4 Å². The van der Waals surface area contributed by atoms with E-state index in [1.807, 2.05) is 0 Å². The van der Waals surface area contributed by atoms with E-state index in [1.54, 1.807) is 41.2 Å². The van der Waals surface area contributed by atoms with Gasteiger partial charge in [-0.3, -0.25) is 0 Å². The number of aromatic amines is 1. The van der Waals surface area contributed by atoms with Crippen molar-refractivity contribution in [2.75, 3.05) is 0 Å². The van der Waals surface area contributed by atoms with Gasteiger partial charge in [-0.1, -0.05) is 40.2 Å². The van der Waals surface area contributed by atoms with Crippen molar-refractivity contribution in [1.29, 1.82) is 0 Å². The van der Waals surface area contributed by atoms with Crippen molar-refractivity contribution in [2.45, 2.75) is 32.0 Å². The third-order valence-corrected chi connectivity index (χ3v) is 5.63. The summed E-state index contributed by atoms with van der Waals surface area (Å²) >= 11 is 0. The molecule has 0 amide bonds. The highest BCUT2D eigenvalue weighted by molar-refractivity contribution is 5.77. The second-order valence-electron chi connectivity index (χ2n) is 8.30. The minimum atomic E-state index is -4.15. The number of fused-ring (bicyclic) bond motifs is 1. The average molecular weight is 500 g/mol. The van der Waals surface area contributed by atoms with Gasteiger partial charge >= 0.3 is 6.18 Å². The van der Waals surface area contributed by atoms with Gasteiger partial charge in [0.2, 0.25) is 18.5 Å². The number of benzene rings is 2. The van der Waals surface area contributed by atoms with Crippen LogP contribution in [0.25, 0.3) is 33.7 Å². The molecule has 0 aliphatic rings. The number of hydrogen-bond acceptors (Lipinski definition) is 4. The van der Waals surface area contributed by atoms with Gasteiger partial charge < -0.3 is 9.51 Å². The SMILES string of the molecule is Fc1cccc(-c2nc3cn[n+](Cc4cc(-c5ccc(CCCC(F)(F)F)cc5)no4)cc3[nH]2)c1F. The van der Waals surface area contributed by atoms with Crippen LogP contribution in [0.1, 0.15) is 24.2 Å². The van der Waals surface area contributed by atoms with Gasteiger partial charge in [-0.2, -0.15) is 13.2 Å². The number of imidazole rings is 1. The minimum Gasteiger partial charge on any atom is -0.354 e. The summed E-state index contributed by atoms with van der Waals surface area (Å²) in [6.07, 6.45) is -1.40. The van der Waals surface area contributed by atoms with Crippen molar-refractivity contribution >= 4 is 11.0 Å². The van der Waals surface area contributed by atoms with Crippen LogP contribution in [0.5, 0.6) is 0 Å². The van der Waals surface area contributed by atoms with E-state index in [9.17, 15) is 22.0 Å². The summed E-state index contributed by atoms with van der Waals surface area (Å²) in [5.41, 5.74) is 3.25. The monoisotopic (exact) mass is 500 g/mol. The molecule has 1 N–H and O–H groups in total. The quantitative estimate of drug-likeness (QED) is 0.227. The van der Waals surface area contributed by atoms with Gasteiger partial charge in [0.05, 0.1) is 5.56 Å². The second-order valence-corrected chi connectivity index (χ2v) is 8.30. The fourth-order valence-electron chi connectivity index (χ4n) is 3.83. The number of aryl methyl sites for hydroxylation is 1. The lowest BCUT2D eigenvalue weighted by molar-refractivity contribution is -0.746. The lowest BCUT2D eigenvalue weighted by atomic mass is 10.0. The Morgan fingerprint density at radius 1 is 1.03 bits per heavy atom. The summed E-state index contributed by atoms with van der Waals surface area (Å²) in [4.78, 5) is 7.26. The molecular formula is C25H19F5N5O+. The Hall–Kier alpha value is -4.15. The first-order valence-electron chi connectivity index (χ1n) is 11.1. The van der Waals surface area contributed by atoms with E-state index >= 15 is 0 Å². The standard InChI is InChI=1S/C25H18F5N5O/c26-19-5-1-4-18(23(19)27)24-32-21-12-31-35(14-22(21)33-24)13-17-11-20(34-36-17)16-8-6-15(7-9-16)3-2-10-25(28,29)30/h1,4-9,11-12,14H,2-3,10,13H2/p+1. The molecule has 3 aromatic heterocycles. The van der Waals surface area contributed by atoms with Crippen LogP contribution in [0.2, 0.25) is 0 Å². The third kappa shape index (κ3) is 5.24. The molecule has 36 heavy (non-hydrogen) atoms. The Kier molecular flexibility index (Phi) is 6.21. The number of alkyl halides is 3. The van der Waals surface area contributed by atoms with Crippen LogP contribution in [0, 0.1) is 11.6 Å². The molecule has 0 unspecified atom stereocenters. The van der Waals surface area contributed by atoms with Gasteiger partial charge in [0.25, 0.3) is 0 Å². The zero-order valence-corrected chi connectivity index (χ0v) is 18.7. The van der Waals surface area contributed by atoms with E-state index in [-0.39, 0.29) is 24.4 Å². The fraction of sp³-hybridized carbons (Fsp3) is 0.200. The van der Waals surface area contributed by atoms with Crippen LogP contribution in [0.15, 0.2) is 65.4 Å². The maximum atomic E-state index is 14.1. The zero-order chi connectivity index (χ0) is 25.3. The number of H-pyrrole nitrogens is 1. The highest BCUT2D eigenvalue weighted by Gasteiger charge is 2.26. The molecule has 0 atom stereocenters. The molecule has 0 bridgehead atoms. The molecule has 0 aliphatic heterocycles. The number of hydrogen-bond donors (Lipinski definition) is 1. The highest BCUT2D eigenvalue weighted by Crippen LogP contribution is 2.25. The number of rotatable bonds is 7. The molecule has 2 aromatic carbocycles. The summed E-state index contributed by atoms with van der Waals surface area (Å²) in [6.45, 7) is 0.251. The molecular weight excluding hydrogens is 481 g/mol. The van der Waals surface area contributed by atoms with Gasteiger partial charge in [0, 0.05) is 18.1 Å². The summed E-state index contributed by atoms with van der Waals surface area (Å²) in [6, 6.07) is 12.8. The van der Waals surface area contributed by atoms with Crippen LogP contribution in [0.3, 0.4) is 0 Å². The Morgan fingerprint density at radius 2 is 1.83 bits per heavy atom. The molecule has 0 fully saturated rings. The van der Waals surface area contributed by atoms with Crippen molar-refractivity contribution in [3.8, 4) is 22.6 Å². The van der Waals surface area contributed by atoms with Gasteiger partial charge in [-0.05, 0) is 35.6 Å². The molecule has 0 radical (unpaired) electrons. The highest BCUT2D eigenvalue weighted by atomic mass is 19.4. The van der Waals surface area contributed by atoms with Crippen LogP contribution < -0.4 is 4.68 Å². The lowest BCUT2D eigenvalue weighted by Crippen LogP contribution is -2.37. The number of halogens is 5. The second kappa shape index (κ2) is 9.48. The first-order chi connectivity index (χ1) is 17.2. The van der Waals surface area contributed by atoms with E-state index in [2.05, 4.69) is 20.2 Å². The third-order valence-electron chi connectivity index (χ3n) is 5.63. The molecule has 184 valence electrons. The normalized spacial score (nSPS) is 11.9. The van der Waals surface area contributed by atoms with Gasteiger partial charge in [0.1, 0.15) is 28.7 Å². The summed E-state index contributed by atoms with van der Waals surface area (Å²) in [5, 5.41) is 8.36. The number of nitrogens with one attached hydrogen (secondary N) is 1. The first kappa shape index (κ1) is 23.6. The smallest absolute Gasteiger partial charge is 0.354 e. The Labute approximate surface area is 201 Å². The molecule has 0 aliphatic carbocycles. The van der Waals surface area contributed by atoms with Gasteiger partial charge in [-0.25, -0.2) is 13.8 Å². The molecule has 6 nitrogen and oxygen atoms in total. The minimum absolute atomic E-state index is 0.0176. The molecule has 11 heteroatoms. The summed E-state index contributed by atoms with van der Waals surface area (Å²) < 4.78 is 71.7. The molecule has 0 saturated heterocycles. The van der Waals surface area contributed by atoms with Crippen molar-refractivity contribution in [2.24, 2.45) is 0 Å². The van der Waals surface area contributed by atoms with Crippen LogP contribution in [0.4, 0.5) is 22.0 Å². The van der Waals surface area contributed by atoms with Crippen molar-refractivity contribution in [3.05, 3.63) is 83.9 Å². The molecule has 0 saturated carbocycles. The van der Waals surface area contributed by atoms with Crippen LogP contribution >= 0.6 is 0 Å². The average Bonchev–Trinajstić information content (AvgIpc) is 3.47. The Balaban J connectivity index is 1.28. The Morgan fingerprint density at radius 3 is 2.61 bits per heavy atom. The topological polar surface area (TPSA) is 71.5 Å². The zero-order valence-electron chi connectivity index (χ0n) is 18.7. The van der Waals surface area contributed by atoms with E-state index in [4.69, 9.17) is 4.52 Å². The molecule has 0 spiro atoms. The Bertz CT molecular complexity index is 1510. The fourth-order valence-corrected chi connectivity index (χ4v) is 3.83. The predicted molar refractivity (Wildman–Crippen MR) is 119 cm³/mol.